The van der Waals surface area contributed by atoms with E-state index in [2.05, 4.69) is 4.90 Å². The van der Waals surface area contributed by atoms with Crippen molar-refractivity contribution in [3.8, 4) is 0 Å². The number of nitrogens with zero attached hydrogens (tertiary/aromatic N) is 1. The van der Waals surface area contributed by atoms with Crippen molar-refractivity contribution >= 4 is 0 Å². The molecule has 0 saturated carbocycles. The normalized spacial score (nSPS) is 21.2. The van der Waals surface area contributed by atoms with Gasteiger partial charge in [-0.25, -0.2) is 4.39 Å². The molecule has 0 aromatic heterocycles. The third-order valence-electron chi connectivity index (χ3n) is 3.57. The van der Waals surface area contributed by atoms with E-state index >= 15 is 0 Å². The van der Waals surface area contributed by atoms with Crippen LogP contribution in [0.5, 0.6) is 0 Å². The zero-order valence-electron chi connectivity index (χ0n) is 10.9. The minimum atomic E-state index is -0.153. The van der Waals surface area contributed by atoms with Crippen LogP contribution in [-0.2, 0) is 17.8 Å². The van der Waals surface area contributed by atoms with Gasteiger partial charge in [0.2, 0.25) is 0 Å². The van der Waals surface area contributed by atoms with Crippen LogP contribution < -0.4 is 5.73 Å². The molecule has 1 aliphatic heterocycles. The highest BCUT2D eigenvalue weighted by Crippen LogP contribution is 2.18. The molecule has 1 saturated heterocycles. The fraction of sp³-hybridized carbons (Fsp3) is 0.571. The van der Waals surface area contributed by atoms with Gasteiger partial charge in [-0.2, -0.15) is 0 Å². The maximum absolute atomic E-state index is 14.1. The highest BCUT2D eigenvalue weighted by Gasteiger charge is 2.20. The molecule has 2 N–H and O–H groups in total. The number of halogens is 1. The number of methoxy groups -OCH3 is 1. The Morgan fingerprint density at radius 1 is 1.44 bits per heavy atom. The van der Waals surface area contributed by atoms with Gasteiger partial charge in [-0.05, 0) is 19.4 Å². The summed E-state index contributed by atoms with van der Waals surface area (Å²) in [7, 11) is 1.74. The number of ether oxygens (including phenoxy) is 1. The first-order chi connectivity index (χ1) is 8.74. The summed E-state index contributed by atoms with van der Waals surface area (Å²) in [5.41, 5.74) is 6.84. The molecule has 1 atom stereocenters. The molecule has 1 fully saturated rings. The first-order valence-electron chi connectivity index (χ1n) is 6.46. The smallest absolute Gasteiger partial charge is 0.132 e. The maximum atomic E-state index is 14.1. The predicted molar refractivity (Wildman–Crippen MR) is 69.6 cm³/mol. The van der Waals surface area contributed by atoms with Gasteiger partial charge in [0.15, 0.2) is 0 Å². The van der Waals surface area contributed by atoms with Crippen LogP contribution in [0.25, 0.3) is 0 Å². The summed E-state index contributed by atoms with van der Waals surface area (Å²) in [6.07, 6.45) is 2.48. The summed E-state index contributed by atoms with van der Waals surface area (Å²) in [4.78, 5) is 2.25. The summed E-state index contributed by atoms with van der Waals surface area (Å²) in [6.45, 7) is 2.77. The van der Waals surface area contributed by atoms with Crippen molar-refractivity contribution in [2.45, 2.75) is 32.0 Å². The van der Waals surface area contributed by atoms with Gasteiger partial charge in [0.05, 0.1) is 6.10 Å². The minimum absolute atomic E-state index is 0.153. The first-order valence-corrected chi connectivity index (χ1v) is 6.46. The van der Waals surface area contributed by atoms with Crippen LogP contribution >= 0.6 is 0 Å². The van der Waals surface area contributed by atoms with E-state index in [4.69, 9.17) is 10.5 Å². The van der Waals surface area contributed by atoms with Crippen LogP contribution in [0.3, 0.4) is 0 Å². The molecule has 1 unspecified atom stereocenters. The lowest BCUT2D eigenvalue weighted by atomic mass is 10.1. The molecular weight excluding hydrogens is 231 g/mol. The Kier molecular flexibility index (Phi) is 4.69. The third kappa shape index (κ3) is 3.07. The summed E-state index contributed by atoms with van der Waals surface area (Å²) in [5, 5.41) is 0. The zero-order chi connectivity index (χ0) is 13.0. The molecule has 0 amide bonds. The molecule has 4 heteroatoms. The van der Waals surface area contributed by atoms with E-state index in [1.165, 1.54) is 0 Å². The molecule has 1 heterocycles. The van der Waals surface area contributed by atoms with Gasteiger partial charge >= 0.3 is 0 Å². The lowest BCUT2D eigenvalue weighted by Crippen LogP contribution is -2.38. The van der Waals surface area contributed by atoms with Gasteiger partial charge < -0.3 is 10.5 Å². The van der Waals surface area contributed by atoms with Gasteiger partial charge in [-0.15, -0.1) is 0 Å². The Hall–Kier alpha value is -0.970. The average Bonchev–Trinajstić information content (AvgIpc) is 2.41. The van der Waals surface area contributed by atoms with Crippen molar-refractivity contribution in [2.75, 3.05) is 20.2 Å². The van der Waals surface area contributed by atoms with Crippen molar-refractivity contribution in [3.05, 3.63) is 35.1 Å². The quantitative estimate of drug-likeness (QED) is 0.889. The fourth-order valence-electron chi connectivity index (χ4n) is 2.50. The second-order valence-corrected chi connectivity index (χ2v) is 4.83. The van der Waals surface area contributed by atoms with Crippen LogP contribution in [0.15, 0.2) is 18.2 Å². The number of piperidine rings is 1. The Morgan fingerprint density at radius 3 is 2.94 bits per heavy atom. The SMILES string of the molecule is COC1CCCN(Cc2cccc(CN)c2F)C1. The van der Waals surface area contributed by atoms with Gasteiger partial charge in [-0.1, -0.05) is 18.2 Å². The Morgan fingerprint density at radius 2 is 2.22 bits per heavy atom. The van der Waals surface area contributed by atoms with Crippen LogP contribution in [0.2, 0.25) is 0 Å². The van der Waals surface area contributed by atoms with Crippen LogP contribution in [-0.4, -0.2) is 31.2 Å². The van der Waals surface area contributed by atoms with Gasteiger partial charge in [0.25, 0.3) is 0 Å². The molecule has 1 aromatic carbocycles. The lowest BCUT2D eigenvalue weighted by molar-refractivity contribution is 0.0282. The number of nitrogens with two attached hydrogens (primary N) is 1. The second-order valence-electron chi connectivity index (χ2n) is 4.83. The molecule has 0 bridgehead atoms. The molecule has 2 rings (SSSR count). The molecule has 18 heavy (non-hydrogen) atoms. The van der Waals surface area contributed by atoms with Crippen molar-refractivity contribution in [2.24, 2.45) is 5.73 Å². The number of hydrogen-bond donors (Lipinski definition) is 1. The Balaban J connectivity index is 2.04. The molecular formula is C14H21FN2O. The summed E-state index contributed by atoms with van der Waals surface area (Å²) in [5.74, 6) is -0.153. The van der Waals surface area contributed by atoms with E-state index in [0.717, 1.165) is 31.5 Å². The monoisotopic (exact) mass is 252 g/mol. The van der Waals surface area contributed by atoms with E-state index in [0.29, 0.717) is 12.1 Å². The second kappa shape index (κ2) is 6.27. The topological polar surface area (TPSA) is 38.5 Å². The molecule has 1 aliphatic rings. The van der Waals surface area contributed by atoms with Crippen molar-refractivity contribution < 1.29 is 9.13 Å². The number of hydrogen-bond acceptors (Lipinski definition) is 3. The lowest BCUT2D eigenvalue weighted by Gasteiger charge is -2.32. The zero-order valence-corrected chi connectivity index (χ0v) is 10.9. The standard InChI is InChI=1S/C14H21FN2O/c1-18-13-6-3-7-17(10-13)9-12-5-2-4-11(8-16)14(12)15/h2,4-5,13H,3,6-10,16H2,1H3. The predicted octanol–water partition coefficient (Wildman–Crippen LogP) is 1.90. The van der Waals surface area contributed by atoms with E-state index in [1.807, 2.05) is 12.1 Å². The van der Waals surface area contributed by atoms with Gasteiger partial charge in [0, 0.05) is 37.9 Å². The largest absolute Gasteiger partial charge is 0.380 e. The third-order valence-corrected chi connectivity index (χ3v) is 3.57. The van der Waals surface area contributed by atoms with Gasteiger partial charge in [-0.3, -0.25) is 4.90 Å². The summed E-state index contributed by atoms with van der Waals surface area (Å²) in [6, 6.07) is 5.45. The van der Waals surface area contributed by atoms with Gasteiger partial charge in [0.1, 0.15) is 5.82 Å². The molecule has 100 valence electrons. The summed E-state index contributed by atoms with van der Waals surface area (Å²) >= 11 is 0. The highest BCUT2D eigenvalue weighted by molar-refractivity contribution is 5.25. The summed E-state index contributed by atoms with van der Waals surface area (Å²) < 4.78 is 19.4. The van der Waals surface area contributed by atoms with Crippen molar-refractivity contribution in [3.63, 3.8) is 0 Å². The van der Waals surface area contributed by atoms with E-state index in [-0.39, 0.29) is 18.5 Å². The van der Waals surface area contributed by atoms with E-state index in [9.17, 15) is 4.39 Å². The van der Waals surface area contributed by atoms with Crippen LogP contribution in [0.4, 0.5) is 4.39 Å². The molecule has 0 aliphatic carbocycles. The maximum Gasteiger partial charge on any atom is 0.132 e. The Labute approximate surface area is 108 Å². The molecule has 3 nitrogen and oxygen atoms in total. The van der Waals surface area contributed by atoms with Crippen molar-refractivity contribution in [1.82, 2.24) is 4.90 Å². The van der Waals surface area contributed by atoms with E-state index < -0.39 is 0 Å². The molecule has 0 spiro atoms. The highest BCUT2D eigenvalue weighted by atomic mass is 19.1. The minimum Gasteiger partial charge on any atom is -0.380 e. The van der Waals surface area contributed by atoms with Crippen LogP contribution in [0.1, 0.15) is 24.0 Å². The number of benzene rings is 1. The number of rotatable bonds is 4. The fourth-order valence-corrected chi connectivity index (χ4v) is 2.50. The average molecular weight is 252 g/mol. The molecule has 0 radical (unpaired) electrons. The Bertz CT molecular complexity index is 397. The van der Waals surface area contributed by atoms with Crippen LogP contribution in [0, 0.1) is 5.82 Å². The number of likely N-dealkylation sites (tertiary alicyclic amines) is 1. The van der Waals surface area contributed by atoms with E-state index in [1.54, 1.807) is 13.2 Å². The first kappa shape index (κ1) is 13.5. The molecule has 1 aromatic rings. The van der Waals surface area contributed by atoms with Crippen molar-refractivity contribution in [1.29, 1.82) is 0 Å².